The number of ether oxygens (including phenoxy) is 1. The Balaban J connectivity index is 1.84. The van der Waals surface area contributed by atoms with Crippen LogP contribution in [0.5, 0.6) is 5.75 Å². The minimum absolute atomic E-state index is 0.0411. The number of nitrogens with one attached hydrogen (secondary N) is 1. The molecule has 0 fully saturated rings. The molecule has 2 N–H and O–H groups in total. The predicted molar refractivity (Wildman–Crippen MR) is 86.8 cm³/mol. The van der Waals surface area contributed by atoms with Gasteiger partial charge in [0.05, 0.1) is 12.7 Å². The van der Waals surface area contributed by atoms with Gasteiger partial charge in [-0.1, -0.05) is 24.3 Å². The Bertz CT molecular complexity index is 520. The fraction of sp³-hybridized carbons (Fsp3) is 0.500. The average Bonchev–Trinajstić information content (AvgIpc) is 2.54. The van der Waals surface area contributed by atoms with Crippen molar-refractivity contribution >= 4 is 5.91 Å². The Morgan fingerprint density at radius 1 is 1.36 bits per heavy atom. The predicted octanol–water partition coefficient (Wildman–Crippen LogP) is 2.46. The number of benzene rings is 1. The number of hydrogen-bond acceptors (Lipinski definition) is 3. The Kier molecular flexibility index (Phi) is 5.61. The second-order valence-electron chi connectivity index (χ2n) is 6.22. The molecule has 2 rings (SSSR count). The van der Waals surface area contributed by atoms with Gasteiger partial charge in [0.25, 0.3) is 0 Å². The van der Waals surface area contributed by atoms with E-state index >= 15 is 0 Å². The highest BCUT2D eigenvalue weighted by atomic mass is 16.5. The van der Waals surface area contributed by atoms with E-state index in [1.807, 2.05) is 24.3 Å². The maximum absolute atomic E-state index is 12.1. The average molecular weight is 303 g/mol. The maximum Gasteiger partial charge on any atom is 0.223 e. The van der Waals surface area contributed by atoms with E-state index in [-0.39, 0.29) is 18.4 Å². The monoisotopic (exact) mass is 303 g/mol. The molecule has 120 valence electrons. The van der Waals surface area contributed by atoms with Crippen molar-refractivity contribution in [1.82, 2.24) is 5.32 Å². The largest absolute Gasteiger partial charge is 0.497 e. The van der Waals surface area contributed by atoms with Gasteiger partial charge in [-0.2, -0.15) is 0 Å². The summed E-state index contributed by atoms with van der Waals surface area (Å²) in [6.45, 7) is 2.01. The van der Waals surface area contributed by atoms with Crippen LogP contribution >= 0.6 is 0 Å². The second-order valence-corrected chi connectivity index (χ2v) is 6.22. The van der Waals surface area contributed by atoms with Crippen LogP contribution in [0.25, 0.3) is 0 Å². The van der Waals surface area contributed by atoms with Crippen molar-refractivity contribution in [3.05, 3.63) is 42.0 Å². The Morgan fingerprint density at radius 3 is 2.68 bits per heavy atom. The molecule has 0 spiro atoms. The number of methoxy groups -OCH3 is 1. The van der Waals surface area contributed by atoms with Gasteiger partial charge in [-0.3, -0.25) is 4.79 Å². The van der Waals surface area contributed by atoms with E-state index in [2.05, 4.69) is 17.5 Å². The van der Waals surface area contributed by atoms with Crippen LogP contribution in [0, 0.1) is 5.92 Å². The maximum atomic E-state index is 12.1. The number of carbonyl (C=O) groups is 1. The van der Waals surface area contributed by atoms with Gasteiger partial charge < -0.3 is 15.2 Å². The molecule has 0 saturated heterocycles. The number of allylic oxidation sites excluding steroid dienone is 2. The van der Waals surface area contributed by atoms with E-state index in [4.69, 9.17) is 4.74 Å². The second kappa shape index (κ2) is 7.45. The number of hydrogen-bond donors (Lipinski definition) is 2. The van der Waals surface area contributed by atoms with E-state index in [1.54, 1.807) is 14.0 Å². The molecule has 0 radical (unpaired) electrons. The van der Waals surface area contributed by atoms with Crippen molar-refractivity contribution in [3.8, 4) is 5.75 Å². The third-order valence-corrected chi connectivity index (χ3v) is 4.03. The molecule has 4 heteroatoms. The van der Waals surface area contributed by atoms with Crippen LogP contribution in [0.1, 0.15) is 31.7 Å². The first-order valence-electron chi connectivity index (χ1n) is 7.78. The molecule has 0 heterocycles. The molecule has 2 atom stereocenters. The molecule has 1 aliphatic rings. The minimum atomic E-state index is -0.964. The van der Waals surface area contributed by atoms with Gasteiger partial charge >= 0.3 is 0 Å². The summed E-state index contributed by atoms with van der Waals surface area (Å²) in [5.41, 5.74) is 0.0510. The number of aliphatic hydroxyl groups is 1. The smallest absolute Gasteiger partial charge is 0.223 e. The van der Waals surface area contributed by atoms with Gasteiger partial charge in [-0.15, -0.1) is 0 Å². The van der Waals surface area contributed by atoms with Crippen LogP contribution in [0.2, 0.25) is 0 Å². The van der Waals surface area contributed by atoms with Crippen LogP contribution in [0.15, 0.2) is 36.4 Å². The van der Waals surface area contributed by atoms with E-state index < -0.39 is 5.60 Å². The molecule has 1 amide bonds. The molecule has 4 nitrogen and oxygen atoms in total. The van der Waals surface area contributed by atoms with E-state index in [9.17, 15) is 9.90 Å². The normalized spacial score (nSPS) is 20.2. The zero-order valence-electron chi connectivity index (χ0n) is 13.3. The van der Waals surface area contributed by atoms with Crippen LogP contribution < -0.4 is 10.1 Å². The van der Waals surface area contributed by atoms with Crippen molar-refractivity contribution in [1.29, 1.82) is 0 Å². The van der Waals surface area contributed by atoms with Crippen LogP contribution in [0.4, 0.5) is 0 Å². The summed E-state index contributed by atoms with van der Waals surface area (Å²) in [4.78, 5) is 12.1. The molecule has 1 aliphatic carbocycles. The first kappa shape index (κ1) is 16.6. The summed E-state index contributed by atoms with van der Waals surface area (Å²) < 4.78 is 5.12. The van der Waals surface area contributed by atoms with Gasteiger partial charge in [0.2, 0.25) is 5.91 Å². The third-order valence-electron chi connectivity index (χ3n) is 4.03. The van der Waals surface area contributed by atoms with E-state index in [0.29, 0.717) is 6.42 Å². The molecular formula is C18H25NO3. The third kappa shape index (κ3) is 4.88. The summed E-state index contributed by atoms with van der Waals surface area (Å²) in [7, 11) is 1.63. The Hall–Kier alpha value is -1.81. The lowest BCUT2D eigenvalue weighted by Crippen LogP contribution is -2.44. The van der Waals surface area contributed by atoms with E-state index in [0.717, 1.165) is 30.6 Å². The number of rotatable bonds is 6. The van der Waals surface area contributed by atoms with Gasteiger partial charge in [-0.25, -0.2) is 0 Å². The Labute approximate surface area is 132 Å². The Morgan fingerprint density at radius 2 is 2.09 bits per heavy atom. The fourth-order valence-electron chi connectivity index (χ4n) is 2.70. The summed E-state index contributed by atoms with van der Waals surface area (Å²) in [6, 6.07) is 7.61. The lowest BCUT2D eigenvalue weighted by atomic mass is 9.92. The topological polar surface area (TPSA) is 58.6 Å². The lowest BCUT2D eigenvalue weighted by molar-refractivity contribution is -0.126. The zero-order valence-corrected chi connectivity index (χ0v) is 13.3. The van der Waals surface area contributed by atoms with Gasteiger partial charge in [-0.05, 0) is 43.9 Å². The molecule has 22 heavy (non-hydrogen) atoms. The van der Waals surface area contributed by atoms with Crippen LogP contribution in [-0.4, -0.2) is 30.3 Å². The standard InChI is InChI=1S/C18H25NO3/c1-18(21,12-14-8-10-16(22-2)11-9-14)13-19-17(20)15-6-4-3-5-7-15/h3-4,8-11,15,21H,5-7,12-13H2,1-2H3,(H,19,20)/t15-,18-/m0/s1. The lowest BCUT2D eigenvalue weighted by Gasteiger charge is -2.26. The summed E-state index contributed by atoms with van der Waals surface area (Å²) in [5.74, 6) is 0.878. The molecular weight excluding hydrogens is 278 g/mol. The quantitative estimate of drug-likeness (QED) is 0.794. The highest BCUT2D eigenvalue weighted by Crippen LogP contribution is 2.19. The fourth-order valence-corrected chi connectivity index (χ4v) is 2.70. The first-order chi connectivity index (χ1) is 10.5. The molecule has 0 bridgehead atoms. The highest BCUT2D eigenvalue weighted by Gasteiger charge is 2.24. The first-order valence-corrected chi connectivity index (χ1v) is 7.78. The minimum Gasteiger partial charge on any atom is -0.497 e. The van der Waals surface area contributed by atoms with Crippen molar-refractivity contribution in [2.45, 2.75) is 38.2 Å². The molecule has 0 saturated carbocycles. The molecule has 0 aliphatic heterocycles. The molecule has 0 aromatic heterocycles. The number of amides is 1. The molecule has 0 unspecified atom stereocenters. The van der Waals surface area contributed by atoms with Gasteiger partial charge in [0.15, 0.2) is 0 Å². The summed E-state index contributed by atoms with van der Waals surface area (Å²) >= 11 is 0. The van der Waals surface area contributed by atoms with Crippen molar-refractivity contribution in [2.75, 3.05) is 13.7 Å². The summed E-state index contributed by atoms with van der Waals surface area (Å²) in [5, 5.41) is 13.4. The number of carbonyl (C=O) groups excluding carboxylic acids is 1. The van der Waals surface area contributed by atoms with E-state index in [1.165, 1.54) is 0 Å². The summed E-state index contributed by atoms with van der Waals surface area (Å²) in [6.07, 6.45) is 7.31. The van der Waals surface area contributed by atoms with Crippen molar-refractivity contribution in [3.63, 3.8) is 0 Å². The van der Waals surface area contributed by atoms with Gasteiger partial charge in [0, 0.05) is 18.9 Å². The molecule has 1 aromatic carbocycles. The van der Waals surface area contributed by atoms with Crippen LogP contribution in [0.3, 0.4) is 0 Å². The van der Waals surface area contributed by atoms with Gasteiger partial charge in [0.1, 0.15) is 5.75 Å². The van der Waals surface area contributed by atoms with Crippen molar-refractivity contribution < 1.29 is 14.6 Å². The zero-order chi connectivity index (χ0) is 16.0. The SMILES string of the molecule is COc1ccc(C[C@](C)(O)CNC(=O)[C@H]2CC=CCC2)cc1. The van der Waals surface area contributed by atoms with Crippen molar-refractivity contribution in [2.24, 2.45) is 5.92 Å². The molecule has 1 aromatic rings. The highest BCUT2D eigenvalue weighted by molar-refractivity contribution is 5.79. The van der Waals surface area contributed by atoms with Crippen LogP contribution in [-0.2, 0) is 11.2 Å².